The fraction of sp³-hybridized carbons (Fsp3) is 0.600. The van der Waals surface area contributed by atoms with Crippen LogP contribution in [0.15, 0.2) is 11.9 Å². The summed E-state index contributed by atoms with van der Waals surface area (Å²) in [5, 5.41) is 0. The Bertz CT molecular complexity index is 55.0. The summed E-state index contributed by atoms with van der Waals surface area (Å²) in [5.74, 6) is -0.0324. The van der Waals surface area contributed by atoms with Crippen molar-refractivity contribution in [2.75, 3.05) is 0 Å². The normalized spacial score (nSPS) is 12.2. The molecule has 0 radical (unpaired) electrons. The Balaban J connectivity index is 3.22. The molecule has 0 bridgehead atoms. The van der Waals surface area contributed by atoms with Crippen molar-refractivity contribution in [2.45, 2.75) is 20.3 Å². The second kappa shape index (κ2) is 2.88. The zero-order valence-corrected chi connectivity index (χ0v) is 4.16. The first-order valence-corrected chi connectivity index (χ1v) is 2.12. The van der Waals surface area contributed by atoms with Gasteiger partial charge in [0.15, 0.2) is 0 Å². The predicted molar refractivity (Wildman–Crippen MR) is 25.2 cm³/mol. The number of halogens is 1. The predicted octanol–water partition coefficient (Wildman–Crippen LogP) is 2.27. The van der Waals surface area contributed by atoms with E-state index in [4.69, 9.17) is 0 Å². The van der Waals surface area contributed by atoms with Crippen LogP contribution in [-0.2, 0) is 0 Å². The van der Waals surface area contributed by atoms with Gasteiger partial charge in [-0.1, -0.05) is 13.0 Å². The molecule has 6 heavy (non-hydrogen) atoms. The summed E-state index contributed by atoms with van der Waals surface area (Å²) < 4.78 is 11.7. The summed E-state index contributed by atoms with van der Waals surface area (Å²) in [6.07, 6.45) is 2.00. The van der Waals surface area contributed by atoms with Gasteiger partial charge in [0.1, 0.15) is 0 Å². The number of hydrogen-bond donors (Lipinski definition) is 0. The van der Waals surface area contributed by atoms with Crippen molar-refractivity contribution in [3.8, 4) is 0 Å². The molecule has 0 heterocycles. The summed E-state index contributed by atoms with van der Waals surface area (Å²) in [5.41, 5.74) is 0. The Kier molecular flexibility index (Phi) is 2.73. The number of hydrogen-bond acceptors (Lipinski definition) is 0. The van der Waals surface area contributed by atoms with Gasteiger partial charge in [0, 0.05) is 0 Å². The average Bonchev–Trinajstić information content (AvgIpc) is 1.65. The molecule has 0 aliphatic carbocycles. The zero-order valence-electron chi connectivity index (χ0n) is 4.16. The van der Waals surface area contributed by atoms with Crippen LogP contribution in [0.2, 0.25) is 0 Å². The van der Waals surface area contributed by atoms with Gasteiger partial charge in [0.2, 0.25) is 0 Å². The van der Waals surface area contributed by atoms with Crippen LogP contribution in [-0.4, -0.2) is 0 Å². The minimum absolute atomic E-state index is 0.0324. The lowest BCUT2D eigenvalue weighted by Gasteiger charge is -1.79. The molecule has 0 fully saturated rings. The van der Waals surface area contributed by atoms with Crippen LogP contribution in [0.1, 0.15) is 20.3 Å². The van der Waals surface area contributed by atoms with Crippen LogP contribution < -0.4 is 0 Å². The van der Waals surface area contributed by atoms with E-state index in [1.807, 2.05) is 0 Å². The quantitative estimate of drug-likeness (QED) is 0.461. The van der Waals surface area contributed by atoms with Crippen LogP contribution >= 0.6 is 0 Å². The molecule has 36 valence electrons. The Morgan fingerprint density at radius 2 is 2.33 bits per heavy atom. The minimum atomic E-state index is -0.0324. The van der Waals surface area contributed by atoms with E-state index in [1.54, 1.807) is 13.8 Å². The summed E-state index contributed by atoms with van der Waals surface area (Å²) >= 11 is 0. The van der Waals surface area contributed by atoms with Crippen molar-refractivity contribution in [1.29, 1.82) is 0 Å². The zero-order chi connectivity index (χ0) is 4.99. The van der Waals surface area contributed by atoms with Crippen LogP contribution in [0, 0.1) is 0 Å². The largest absolute Gasteiger partial charge is 0.212 e. The molecule has 0 nitrogen and oxygen atoms in total. The van der Waals surface area contributed by atoms with Crippen LogP contribution in [0.4, 0.5) is 4.39 Å². The lowest BCUT2D eigenvalue weighted by molar-refractivity contribution is 0.602. The van der Waals surface area contributed by atoms with Crippen molar-refractivity contribution in [3.63, 3.8) is 0 Å². The standard InChI is InChI=1S/C5H9F/c1-3-5(6)4-2/h3H,4H2,1-2H3/b5-3-. The van der Waals surface area contributed by atoms with Gasteiger partial charge in [-0.05, 0) is 13.3 Å². The molecular formula is C5H9F. The topological polar surface area (TPSA) is 0 Å². The van der Waals surface area contributed by atoms with Crippen molar-refractivity contribution in [1.82, 2.24) is 0 Å². The minimum Gasteiger partial charge on any atom is -0.212 e. The van der Waals surface area contributed by atoms with Gasteiger partial charge in [-0.25, -0.2) is 4.39 Å². The molecule has 0 spiro atoms. The van der Waals surface area contributed by atoms with Crippen LogP contribution in [0.5, 0.6) is 0 Å². The molecule has 0 aliphatic rings. The summed E-state index contributed by atoms with van der Waals surface area (Å²) in [6, 6.07) is 0. The molecule has 0 amide bonds. The highest BCUT2D eigenvalue weighted by Crippen LogP contribution is 1.98. The van der Waals surface area contributed by atoms with E-state index in [1.165, 1.54) is 6.08 Å². The van der Waals surface area contributed by atoms with Gasteiger partial charge < -0.3 is 0 Å². The molecular weight excluding hydrogens is 79.1 g/mol. The Labute approximate surface area is 37.7 Å². The fourth-order valence-electron chi connectivity index (χ4n) is 0.204. The van der Waals surface area contributed by atoms with Gasteiger partial charge >= 0.3 is 0 Å². The van der Waals surface area contributed by atoms with E-state index >= 15 is 0 Å². The van der Waals surface area contributed by atoms with E-state index in [9.17, 15) is 4.39 Å². The van der Waals surface area contributed by atoms with E-state index in [0.717, 1.165) is 0 Å². The Hall–Kier alpha value is -0.330. The fourth-order valence-corrected chi connectivity index (χ4v) is 0.204. The maximum Gasteiger partial charge on any atom is 0.0954 e. The SMILES string of the molecule is C/C=C(\F)CC. The molecule has 0 unspecified atom stereocenters. The third-order valence-electron chi connectivity index (χ3n) is 0.651. The monoisotopic (exact) mass is 88.1 g/mol. The second-order valence-corrected chi connectivity index (χ2v) is 1.09. The highest BCUT2D eigenvalue weighted by molar-refractivity contribution is 4.85. The smallest absolute Gasteiger partial charge is 0.0954 e. The van der Waals surface area contributed by atoms with E-state index in [-0.39, 0.29) is 5.83 Å². The highest BCUT2D eigenvalue weighted by Gasteiger charge is 1.79. The molecule has 0 N–H and O–H groups in total. The van der Waals surface area contributed by atoms with E-state index < -0.39 is 0 Å². The summed E-state index contributed by atoms with van der Waals surface area (Å²) in [7, 11) is 0. The summed E-state index contributed by atoms with van der Waals surface area (Å²) in [6.45, 7) is 3.48. The Morgan fingerprint density at radius 3 is 2.33 bits per heavy atom. The van der Waals surface area contributed by atoms with Gasteiger partial charge in [0.05, 0.1) is 5.83 Å². The summed E-state index contributed by atoms with van der Waals surface area (Å²) in [4.78, 5) is 0. The van der Waals surface area contributed by atoms with Crippen molar-refractivity contribution in [3.05, 3.63) is 11.9 Å². The Morgan fingerprint density at radius 1 is 1.83 bits per heavy atom. The molecule has 0 aromatic heterocycles. The maximum atomic E-state index is 11.7. The molecule has 0 aromatic rings. The molecule has 0 saturated heterocycles. The molecule has 0 atom stereocenters. The maximum absolute atomic E-state index is 11.7. The molecule has 1 heteroatoms. The first kappa shape index (κ1) is 5.67. The third kappa shape index (κ3) is 1.94. The van der Waals surface area contributed by atoms with Crippen molar-refractivity contribution >= 4 is 0 Å². The van der Waals surface area contributed by atoms with Crippen LogP contribution in [0.25, 0.3) is 0 Å². The first-order valence-electron chi connectivity index (χ1n) is 2.12. The van der Waals surface area contributed by atoms with Crippen molar-refractivity contribution in [2.24, 2.45) is 0 Å². The van der Waals surface area contributed by atoms with Gasteiger partial charge in [0.25, 0.3) is 0 Å². The first-order chi connectivity index (χ1) is 2.81. The number of rotatable bonds is 1. The lowest BCUT2D eigenvalue weighted by atomic mass is 10.4. The lowest BCUT2D eigenvalue weighted by Crippen LogP contribution is -1.61. The number of allylic oxidation sites excluding steroid dienone is 2. The third-order valence-corrected chi connectivity index (χ3v) is 0.651. The molecule has 0 aliphatic heterocycles. The van der Waals surface area contributed by atoms with Crippen LogP contribution in [0.3, 0.4) is 0 Å². The van der Waals surface area contributed by atoms with Gasteiger partial charge in [-0.15, -0.1) is 0 Å². The van der Waals surface area contributed by atoms with Crippen molar-refractivity contribution < 1.29 is 4.39 Å². The van der Waals surface area contributed by atoms with E-state index in [2.05, 4.69) is 0 Å². The molecule has 0 saturated carbocycles. The van der Waals surface area contributed by atoms with Gasteiger partial charge in [-0.3, -0.25) is 0 Å². The average molecular weight is 88.1 g/mol. The van der Waals surface area contributed by atoms with E-state index in [0.29, 0.717) is 6.42 Å². The van der Waals surface area contributed by atoms with Gasteiger partial charge in [-0.2, -0.15) is 0 Å². The molecule has 0 aromatic carbocycles. The molecule has 0 rings (SSSR count). The second-order valence-electron chi connectivity index (χ2n) is 1.09. The highest BCUT2D eigenvalue weighted by atomic mass is 19.1.